The van der Waals surface area contributed by atoms with Crippen molar-refractivity contribution in [2.45, 2.75) is 32.5 Å². The molecule has 0 aliphatic carbocycles. The summed E-state index contributed by atoms with van der Waals surface area (Å²) in [5.41, 5.74) is -0.618. The van der Waals surface area contributed by atoms with Gasteiger partial charge in [-0.2, -0.15) is 4.31 Å². The molecule has 11 heteroatoms. The Kier molecular flexibility index (Phi) is 7.60. The van der Waals surface area contributed by atoms with Crippen LogP contribution in [0, 0.1) is 5.41 Å². The first kappa shape index (κ1) is 21.0. The average molecular weight is 374 g/mol. The highest BCUT2D eigenvalue weighted by Crippen LogP contribution is 2.63. The highest BCUT2D eigenvalue weighted by atomic mass is 31.3. The van der Waals surface area contributed by atoms with Gasteiger partial charge in [-0.05, 0) is 13.3 Å². The Bertz CT molecular complexity index is 509. The predicted octanol–water partition coefficient (Wildman–Crippen LogP) is 2.25. The summed E-state index contributed by atoms with van der Waals surface area (Å²) >= 11 is 0. The van der Waals surface area contributed by atoms with Crippen molar-refractivity contribution in [3.8, 4) is 0 Å². The molecule has 0 saturated carbocycles. The summed E-state index contributed by atoms with van der Waals surface area (Å²) in [7, 11) is -6.92. The van der Waals surface area contributed by atoms with E-state index in [1.54, 1.807) is 6.92 Å². The zero-order chi connectivity index (χ0) is 17.7. The van der Waals surface area contributed by atoms with Crippen molar-refractivity contribution >= 4 is 15.6 Å². The Balaban J connectivity index is 2.77. The Hall–Kier alpha value is -0.0800. The lowest BCUT2D eigenvalue weighted by atomic mass is 9.83. The molecule has 0 amide bonds. The minimum absolute atomic E-state index is 0.163. The molecular formula is C12H24O9P2. The van der Waals surface area contributed by atoms with Gasteiger partial charge < -0.3 is 14.7 Å². The van der Waals surface area contributed by atoms with Gasteiger partial charge in [-0.3, -0.25) is 13.6 Å². The number of hydrogen-bond donors (Lipinski definition) is 2. The highest BCUT2D eigenvalue weighted by Gasteiger charge is 2.46. The third-order valence-electron chi connectivity index (χ3n) is 3.59. The van der Waals surface area contributed by atoms with Crippen molar-refractivity contribution in [3.05, 3.63) is 12.2 Å². The van der Waals surface area contributed by atoms with E-state index in [0.29, 0.717) is 6.42 Å². The molecule has 1 heterocycles. The van der Waals surface area contributed by atoms with E-state index in [2.05, 4.69) is 13.4 Å². The molecule has 0 aromatic heterocycles. The summed E-state index contributed by atoms with van der Waals surface area (Å²) in [6.07, 6.45) is 3.41. The van der Waals surface area contributed by atoms with Crippen LogP contribution in [0.2, 0.25) is 0 Å². The molecule has 4 unspecified atom stereocenters. The van der Waals surface area contributed by atoms with Crippen LogP contribution in [0.1, 0.15) is 20.3 Å². The van der Waals surface area contributed by atoms with Gasteiger partial charge in [0, 0.05) is 19.6 Å². The number of allylic oxidation sites excluding steroid dienone is 1. The average Bonchev–Trinajstić information content (AvgIpc) is 2.82. The SMILES string of the molecule is C/C=C\C1CC(C)(CO)[C@@H](COP(=O)(OC)OP(=O)(O)OC)O1. The number of rotatable bonds is 9. The molecule has 9 nitrogen and oxygen atoms in total. The quantitative estimate of drug-likeness (QED) is 0.462. The zero-order valence-electron chi connectivity index (χ0n) is 13.6. The summed E-state index contributed by atoms with van der Waals surface area (Å²) in [6, 6.07) is 0. The molecule has 1 aliphatic heterocycles. The van der Waals surface area contributed by atoms with E-state index < -0.39 is 27.2 Å². The fourth-order valence-electron chi connectivity index (χ4n) is 2.18. The lowest BCUT2D eigenvalue weighted by Crippen LogP contribution is -2.34. The number of phosphoric acid groups is 2. The van der Waals surface area contributed by atoms with Gasteiger partial charge in [0.2, 0.25) is 0 Å². The number of aliphatic hydroxyl groups excluding tert-OH is 1. The minimum Gasteiger partial charge on any atom is -0.396 e. The lowest BCUT2D eigenvalue weighted by Gasteiger charge is -2.28. The first-order valence-corrected chi connectivity index (χ1v) is 9.88. The topological polar surface area (TPSA) is 121 Å². The summed E-state index contributed by atoms with van der Waals surface area (Å²) in [5, 5.41) is 9.60. The lowest BCUT2D eigenvalue weighted by molar-refractivity contribution is -0.0245. The third kappa shape index (κ3) is 5.74. The molecule has 136 valence electrons. The van der Waals surface area contributed by atoms with Gasteiger partial charge in [-0.25, -0.2) is 9.13 Å². The van der Waals surface area contributed by atoms with Crippen LogP contribution in [0.25, 0.3) is 0 Å². The number of hydrogen-bond acceptors (Lipinski definition) is 8. The Morgan fingerprint density at radius 3 is 2.48 bits per heavy atom. The molecule has 1 aliphatic rings. The molecule has 0 aromatic rings. The Morgan fingerprint density at radius 1 is 1.35 bits per heavy atom. The van der Waals surface area contributed by atoms with Crippen molar-refractivity contribution in [1.29, 1.82) is 0 Å². The molecule has 5 atom stereocenters. The van der Waals surface area contributed by atoms with Gasteiger partial charge in [0.25, 0.3) is 0 Å². The van der Waals surface area contributed by atoms with E-state index >= 15 is 0 Å². The maximum atomic E-state index is 12.2. The first-order valence-electron chi connectivity index (χ1n) is 6.93. The van der Waals surface area contributed by atoms with Gasteiger partial charge in [0.05, 0.1) is 25.4 Å². The van der Waals surface area contributed by atoms with Crippen LogP contribution >= 0.6 is 15.6 Å². The maximum absolute atomic E-state index is 12.2. The fraction of sp³-hybridized carbons (Fsp3) is 0.833. The van der Waals surface area contributed by atoms with Gasteiger partial charge in [-0.1, -0.05) is 19.1 Å². The van der Waals surface area contributed by atoms with E-state index in [4.69, 9.17) is 9.26 Å². The Labute approximate surface area is 135 Å². The number of ether oxygens (including phenoxy) is 1. The smallest absolute Gasteiger partial charge is 0.396 e. The Morgan fingerprint density at radius 2 is 2.00 bits per heavy atom. The fourth-order valence-corrected chi connectivity index (χ4v) is 4.33. The van der Waals surface area contributed by atoms with Crippen molar-refractivity contribution in [3.63, 3.8) is 0 Å². The molecule has 0 bridgehead atoms. The molecule has 0 aromatic carbocycles. The monoisotopic (exact) mass is 374 g/mol. The van der Waals surface area contributed by atoms with Crippen molar-refractivity contribution < 1.29 is 41.7 Å². The molecule has 2 N–H and O–H groups in total. The normalized spacial score (nSPS) is 33.7. The van der Waals surface area contributed by atoms with E-state index in [1.807, 2.05) is 19.1 Å². The van der Waals surface area contributed by atoms with E-state index in [1.165, 1.54) is 0 Å². The third-order valence-corrected chi connectivity index (χ3v) is 6.59. The molecule has 0 radical (unpaired) electrons. The van der Waals surface area contributed by atoms with Crippen molar-refractivity contribution in [1.82, 2.24) is 0 Å². The maximum Gasteiger partial charge on any atom is 0.483 e. The van der Waals surface area contributed by atoms with Crippen molar-refractivity contribution in [2.75, 3.05) is 27.4 Å². The molecule has 23 heavy (non-hydrogen) atoms. The standard InChI is InChI=1S/C12H24O9P2/c1-5-6-10-7-12(2,9-13)11(20-10)8-19-23(16,18-4)21-22(14,15)17-3/h5-6,10-11,13H,7-9H2,1-4H3,(H,14,15)/b6-5-/t10?,11-,12?,23?/m1/s1. The van der Waals surface area contributed by atoms with Crippen LogP contribution in [0.4, 0.5) is 0 Å². The van der Waals surface area contributed by atoms with E-state index in [9.17, 15) is 19.1 Å². The molecule has 1 rings (SSSR count). The van der Waals surface area contributed by atoms with Crippen LogP contribution in [-0.4, -0.2) is 49.6 Å². The van der Waals surface area contributed by atoms with E-state index in [-0.39, 0.29) is 19.3 Å². The number of aliphatic hydroxyl groups is 1. The van der Waals surface area contributed by atoms with Crippen LogP contribution in [0.3, 0.4) is 0 Å². The minimum atomic E-state index is -4.55. The van der Waals surface area contributed by atoms with Gasteiger partial charge >= 0.3 is 15.6 Å². The van der Waals surface area contributed by atoms with Gasteiger partial charge in [-0.15, -0.1) is 0 Å². The molecule has 0 spiro atoms. The van der Waals surface area contributed by atoms with Crippen LogP contribution in [0.5, 0.6) is 0 Å². The zero-order valence-corrected chi connectivity index (χ0v) is 15.4. The highest BCUT2D eigenvalue weighted by molar-refractivity contribution is 7.61. The van der Waals surface area contributed by atoms with Crippen LogP contribution in [-0.2, 0) is 31.7 Å². The van der Waals surface area contributed by atoms with E-state index in [0.717, 1.165) is 14.2 Å². The molecular weight excluding hydrogens is 350 g/mol. The second-order valence-electron chi connectivity index (χ2n) is 5.36. The van der Waals surface area contributed by atoms with Gasteiger partial charge in [0.1, 0.15) is 0 Å². The largest absolute Gasteiger partial charge is 0.483 e. The second kappa shape index (κ2) is 8.34. The summed E-state index contributed by atoms with van der Waals surface area (Å²) in [5.74, 6) is 0. The van der Waals surface area contributed by atoms with Crippen molar-refractivity contribution in [2.24, 2.45) is 5.41 Å². The summed E-state index contributed by atoms with van der Waals surface area (Å²) in [6.45, 7) is 3.24. The second-order valence-corrected chi connectivity index (χ2v) is 8.84. The van der Waals surface area contributed by atoms with Crippen LogP contribution < -0.4 is 0 Å². The molecule has 1 fully saturated rings. The van der Waals surface area contributed by atoms with Crippen LogP contribution in [0.15, 0.2) is 12.2 Å². The van der Waals surface area contributed by atoms with Gasteiger partial charge in [0.15, 0.2) is 0 Å². The predicted molar refractivity (Wildman–Crippen MR) is 81.8 cm³/mol. The first-order chi connectivity index (χ1) is 10.6. The summed E-state index contributed by atoms with van der Waals surface area (Å²) in [4.78, 5) is 9.24. The summed E-state index contributed by atoms with van der Waals surface area (Å²) < 4.78 is 47.6. The number of phosphoric ester groups is 2. The molecule has 1 saturated heterocycles.